The van der Waals surface area contributed by atoms with Gasteiger partial charge in [0, 0.05) is 56.4 Å². The molecule has 2 fully saturated rings. The van der Waals surface area contributed by atoms with Crippen molar-refractivity contribution < 1.29 is 4.39 Å². The fraction of sp³-hybridized carbons (Fsp3) is 0.469. The van der Waals surface area contributed by atoms with E-state index in [-0.39, 0.29) is 5.82 Å². The van der Waals surface area contributed by atoms with Gasteiger partial charge < -0.3 is 14.7 Å². The van der Waals surface area contributed by atoms with Gasteiger partial charge >= 0.3 is 0 Å². The third-order valence-electron chi connectivity index (χ3n) is 7.78. The van der Waals surface area contributed by atoms with Crippen LogP contribution >= 0.6 is 11.3 Å². The molecule has 3 aliphatic rings. The van der Waals surface area contributed by atoms with Crippen LogP contribution in [-0.2, 0) is 6.42 Å². The Labute approximate surface area is 238 Å². The molecule has 39 heavy (non-hydrogen) atoms. The molecule has 210 valence electrons. The van der Waals surface area contributed by atoms with Gasteiger partial charge in [-0.1, -0.05) is 26.0 Å². The maximum Gasteiger partial charge on any atom is 0.186 e. The van der Waals surface area contributed by atoms with Crippen LogP contribution < -0.4 is 9.80 Å². The van der Waals surface area contributed by atoms with Crippen molar-refractivity contribution in [3.8, 4) is 11.3 Å². The first-order valence-corrected chi connectivity index (χ1v) is 15.2. The molecule has 1 unspecified atom stereocenters. The van der Waals surface area contributed by atoms with E-state index in [1.165, 1.54) is 48.5 Å². The Bertz CT molecular complexity index is 1180. The van der Waals surface area contributed by atoms with Gasteiger partial charge in [-0.15, -0.1) is 17.9 Å². The third kappa shape index (κ3) is 7.27. The van der Waals surface area contributed by atoms with Crippen LogP contribution in [0.3, 0.4) is 0 Å². The zero-order chi connectivity index (χ0) is 27.8. The lowest BCUT2D eigenvalue weighted by Crippen LogP contribution is -2.46. The average molecular weight is 550 g/mol. The van der Waals surface area contributed by atoms with Crippen molar-refractivity contribution in [3.05, 3.63) is 77.4 Å². The van der Waals surface area contributed by atoms with Crippen LogP contribution in [-0.4, -0.2) is 74.7 Å². The van der Waals surface area contributed by atoms with Crippen molar-refractivity contribution in [3.63, 3.8) is 0 Å². The molecule has 2 aliphatic heterocycles. The number of rotatable bonds is 6. The molecule has 3 heterocycles. The lowest BCUT2D eigenvalue weighted by atomic mass is 10.1. The van der Waals surface area contributed by atoms with Gasteiger partial charge in [0.25, 0.3) is 0 Å². The average Bonchev–Trinajstić information content (AvgIpc) is 3.62. The van der Waals surface area contributed by atoms with Crippen LogP contribution in [0.2, 0.25) is 0 Å². The van der Waals surface area contributed by atoms with Crippen molar-refractivity contribution in [2.24, 2.45) is 0 Å². The lowest BCUT2D eigenvalue weighted by molar-refractivity contribution is 0.229. The highest BCUT2D eigenvalue weighted by atomic mass is 32.1. The molecule has 2 aromatic carbocycles. The van der Waals surface area contributed by atoms with Crippen LogP contribution in [0, 0.1) is 5.82 Å². The molecule has 6 rings (SSSR count). The zero-order valence-electron chi connectivity index (χ0n) is 24.1. The molecule has 0 amide bonds. The predicted molar refractivity (Wildman–Crippen MR) is 166 cm³/mol. The highest BCUT2D eigenvalue weighted by molar-refractivity contribution is 7.14. The molecule has 1 aliphatic carbocycles. The van der Waals surface area contributed by atoms with Gasteiger partial charge in [0.2, 0.25) is 0 Å². The second-order valence-electron chi connectivity index (χ2n) is 10.3. The summed E-state index contributed by atoms with van der Waals surface area (Å²) in [6, 6.07) is 13.9. The van der Waals surface area contributed by atoms with Crippen molar-refractivity contribution in [1.82, 2.24) is 14.8 Å². The number of aryl methyl sites for hydroxylation is 1. The van der Waals surface area contributed by atoms with Gasteiger partial charge in [-0.3, -0.25) is 4.90 Å². The van der Waals surface area contributed by atoms with Crippen LogP contribution in [0.25, 0.3) is 11.3 Å². The molecule has 1 aromatic heterocycles. The van der Waals surface area contributed by atoms with Crippen LogP contribution in [0.4, 0.5) is 15.2 Å². The molecule has 0 bridgehead atoms. The summed E-state index contributed by atoms with van der Waals surface area (Å²) in [6.07, 6.45) is 5.61. The normalized spacial score (nSPS) is 18.7. The van der Waals surface area contributed by atoms with E-state index in [9.17, 15) is 4.39 Å². The number of hydrogen-bond acceptors (Lipinski definition) is 6. The van der Waals surface area contributed by atoms with Crippen LogP contribution in [0.5, 0.6) is 0 Å². The molecule has 3 aromatic rings. The van der Waals surface area contributed by atoms with E-state index in [0.717, 1.165) is 62.0 Å². The number of aromatic nitrogens is 1. The maximum atomic E-state index is 13.3. The van der Waals surface area contributed by atoms with Crippen molar-refractivity contribution in [2.75, 3.05) is 69.7 Å². The lowest BCUT2D eigenvalue weighted by Gasteiger charge is -2.36. The Morgan fingerprint density at radius 1 is 1.05 bits per heavy atom. The number of anilines is 2. The molecule has 0 saturated carbocycles. The van der Waals surface area contributed by atoms with E-state index in [4.69, 9.17) is 4.98 Å². The molecule has 0 N–H and O–H groups in total. The number of likely N-dealkylation sites (tertiary alicyclic amines) is 1. The predicted octanol–water partition coefficient (Wildman–Crippen LogP) is 6.73. The van der Waals surface area contributed by atoms with Gasteiger partial charge in [-0.25, -0.2) is 9.37 Å². The summed E-state index contributed by atoms with van der Waals surface area (Å²) in [5.41, 5.74) is 6.06. The van der Waals surface area contributed by atoms with Gasteiger partial charge in [0.15, 0.2) is 5.13 Å². The quantitative estimate of drug-likeness (QED) is 0.318. The molecule has 2 saturated heterocycles. The van der Waals surface area contributed by atoms with E-state index in [0.29, 0.717) is 6.04 Å². The van der Waals surface area contributed by atoms with Gasteiger partial charge in [0.1, 0.15) is 5.82 Å². The number of fused-ring (bicyclic) bond motifs is 1. The summed E-state index contributed by atoms with van der Waals surface area (Å²) in [5, 5.41) is 3.07. The number of hydrogen-bond donors (Lipinski definition) is 0. The second kappa shape index (κ2) is 14.1. The van der Waals surface area contributed by atoms with Crippen molar-refractivity contribution in [1.29, 1.82) is 0 Å². The molecule has 5 nitrogen and oxygen atoms in total. The summed E-state index contributed by atoms with van der Waals surface area (Å²) < 4.78 is 13.3. The first-order chi connectivity index (χ1) is 19.0. The minimum Gasteiger partial charge on any atom is -0.369 e. The summed E-state index contributed by atoms with van der Waals surface area (Å²) in [4.78, 5) is 14.4. The number of nitrogens with zero attached hydrogens (tertiary/aromatic N) is 5. The highest BCUT2D eigenvalue weighted by Crippen LogP contribution is 2.41. The Morgan fingerprint density at radius 2 is 1.74 bits per heavy atom. The van der Waals surface area contributed by atoms with Crippen LogP contribution in [0.15, 0.2) is 60.5 Å². The number of halogens is 1. The minimum atomic E-state index is -0.221. The smallest absolute Gasteiger partial charge is 0.186 e. The zero-order valence-corrected chi connectivity index (χ0v) is 24.9. The third-order valence-corrected chi connectivity index (χ3v) is 8.71. The molecule has 0 radical (unpaired) electrons. The molecule has 7 heteroatoms. The van der Waals surface area contributed by atoms with Crippen molar-refractivity contribution in [2.45, 2.75) is 39.2 Å². The first kappa shape index (κ1) is 29.2. The van der Waals surface area contributed by atoms with Gasteiger partial charge in [-0.05, 0) is 86.9 Å². The summed E-state index contributed by atoms with van der Waals surface area (Å²) in [7, 11) is 4.29. The summed E-state index contributed by atoms with van der Waals surface area (Å²) in [6.45, 7) is 15.7. The molecular weight excluding hydrogens is 505 g/mol. The van der Waals surface area contributed by atoms with E-state index in [1.807, 2.05) is 19.9 Å². The van der Waals surface area contributed by atoms with Gasteiger partial charge in [0.05, 0.1) is 11.7 Å². The van der Waals surface area contributed by atoms with E-state index in [1.54, 1.807) is 23.5 Å². The Hall–Kier alpha value is -2.74. The fourth-order valence-corrected chi connectivity index (χ4v) is 6.18. The largest absolute Gasteiger partial charge is 0.369 e. The standard InChI is InChI=1S/C26H29FN4S.C4H9N.C2H6/c1-3-12-30-13-15-31(16-14-30)22-10-6-19-7-11-25(23(19)17-22)29(2)26-28-24(18-32-26)20-4-8-21(27)9-5-20;1-5-3-2-4-5;1-2/h3-6,8-10,17-18,25H,1,7,11-16H2,2H3;2-4H2,1H3;1-2H3. The summed E-state index contributed by atoms with van der Waals surface area (Å²) in [5.74, 6) is -0.221. The monoisotopic (exact) mass is 549 g/mol. The fourth-order valence-electron chi connectivity index (χ4n) is 5.33. The van der Waals surface area contributed by atoms with Gasteiger partial charge in [-0.2, -0.15) is 0 Å². The van der Waals surface area contributed by atoms with Crippen molar-refractivity contribution >= 4 is 22.2 Å². The SMILES string of the molecule is C=CCN1CCN(c2ccc3c(c2)C(N(C)c2nc(-c4ccc(F)cc4)cs2)CC3)CC1.CC.CN1CCC1. The minimum absolute atomic E-state index is 0.221. The Balaban J connectivity index is 0.000000447. The van der Waals surface area contributed by atoms with E-state index in [2.05, 4.69) is 63.9 Å². The second-order valence-corrected chi connectivity index (χ2v) is 11.1. The van der Waals surface area contributed by atoms with Crippen LogP contribution in [0.1, 0.15) is 43.9 Å². The van der Waals surface area contributed by atoms with E-state index >= 15 is 0 Å². The first-order valence-electron chi connectivity index (χ1n) is 14.4. The summed E-state index contributed by atoms with van der Waals surface area (Å²) >= 11 is 1.65. The molecular formula is C32H44FN5S. The maximum absolute atomic E-state index is 13.3. The number of piperazine rings is 1. The molecule has 0 spiro atoms. The topological polar surface area (TPSA) is 25.9 Å². The van der Waals surface area contributed by atoms with E-state index < -0.39 is 0 Å². The number of benzene rings is 2. The Kier molecular flexibility index (Phi) is 10.5. The highest BCUT2D eigenvalue weighted by Gasteiger charge is 2.29. The number of thiazole rings is 1. The Morgan fingerprint density at radius 3 is 2.36 bits per heavy atom. The molecule has 1 atom stereocenters.